The Labute approximate surface area is 276 Å². The van der Waals surface area contributed by atoms with Crippen molar-refractivity contribution >= 4 is 97.0 Å². The number of rotatable bonds is 2. The minimum absolute atomic E-state index is 1.27. The van der Waals surface area contributed by atoms with E-state index in [2.05, 4.69) is 158 Å². The van der Waals surface area contributed by atoms with E-state index in [-0.39, 0.29) is 0 Å². The molecule has 0 fully saturated rings. The highest BCUT2D eigenvalue weighted by atomic mass is 14.2. The highest BCUT2D eigenvalue weighted by Gasteiger charge is 2.19. The van der Waals surface area contributed by atoms with Gasteiger partial charge in [-0.1, -0.05) is 133 Å². The Morgan fingerprint density at radius 3 is 1.19 bits per heavy atom. The topological polar surface area (TPSA) is 0 Å². The summed E-state index contributed by atoms with van der Waals surface area (Å²) in [6, 6.07) is 59.7. The summed E-state index contributed by atoms with van der Waals surface area (Å²) in [7, 11) is 0. The van der Waals surface area contributed by atoms with Gasteiger partial charge < -0.3 is 0 Å². The Morgan fingerprint density at radius 1 is 0.208 bits per heavy atom. The summed E-state index contributed by atoms with van der Waals surface area (Å²) < 4.78 is 0. The average molecular weight is 603 g/mol. The largest absolute Gasteiger partial charge is 0.0610 e. The van der Waals surface area contributed by atoms with Gasteiger partial charge in [0.25, 0.3) is 0 Å². The van der Waals surface area contributed by atoms with Crippen LogP contribution in [0.4, 0.5) is 0 Å². The molecule has 0 aliphatic rings. The molecule has 0 aromatic heterocycles. The molecule has 12 rings (SSSR count). The maximum atomic E-state index is 2.45. The number of benzene rings is 12. The lowest BCUT2D eigenvalue weighted by molar-refractivity contribution is 1.71. The van der Waals surface area contributed by atoms with Crippen LogP contribution >= 0.6 is 0 Å². The molecule has 12 aromatic carbocycles. The van der Waals surface area contributed by atoms with Crippen LogP contribution < -0.4 is 0 Å². The summed E-state index contributed by atoms with van der Waals surface area (Å²) in [6.07, 6.45) is 0. The van der Waals surface area contributed by atoms with Crippen LogP contribution in [0.15, 0.2) is 158 Å². The molecular weight excluding hydrogens is 577 g/mol. The van der Waals surface area contributed by atoms with Gasteiger partial charge >= 0.3 is 0 Å². The zero-order valence-corrected chi connectivity index (χ0v) is 26.0. The van der Waals surface area contributed by atoms with E-state index in [4.69, 9.17) is 0 Å². The predicted octanol–water partition coefficient (Wildman–Crippen LogP) is 13.7. The molecule has 0 unspecified atom stereocenters. The Balaban J connectivity index is 1.16. The van der Waals surface area contributed by atoms with Gasteiger partial charge in [0, 0.05) is 0 Å². The zero-order chi connectivity index (χ0) is 31.1. The van der Waals surface area contributed by atoms with Gasteiger partial charge in [0.05, 0.1) is 0 Å². The highest BCUT2D eigenvalue weighted by molar-refractivity contribution is 6.32. The molecular formula is C48H26. The molecule has 0 spiro atoms. The van der Waals surface area contributed by atoms with E-state index in [9.17, 15) is 0 Å². The van der Waals surface area contributed by atoms with Crippen molar-refractivity contribution in [2.24, 2.45) is 0 Å². The van der Waals surface area contributed by atoms with Gasteiger partial charge in [-0.15, -0.1) is 0 Å². The normalized spacial score (nSPS) is 12.6. The van der Waals surface area contributed by atoms with Crippen LogP contribution in [-0.2, 0) is 0 Å². The molecule has 12 aromatic rings. The molecule has 0 heteroatoms. The van der Waals surface area contributed by atoms with Crippen molar-refractivity contribution in [1.82, 2.24) is 0 Å². The average Bonchev–Trinajstić information content (AvgIpc) is 3.14. The van der Waals surface area contributed by atoms with Crippen LogP contribution in [0.2, 0.25) is 0 Å². The van der Waals surface area contributed by atoms with Gasteiger partial charge in [-0.05, 0) is 143 Å². The molecule has 0 nitrogen and oxygen atoms in total. The third-order valence-electron chi connectivity index (χ3n) is 11.2. The van der Waals surface area contributed by atoms with E-state index < -0.39 is 0 Å². The van der Waals surface area contributed by atoms with Crippen molar-refractivity contribution in [2.75, 3.05) is 0 Å². The standard InChI is InChI=1S/C48H26/c1-5-27-15-17-34-23-36(24-35-18-16-28(6-1)43(27)45(34)35)41-25-32-9-4-12-39-42(26-33-10-3-11-38(41)47(33)48(32)39)37-21-19-31-14-13-29-7-2-8-30-20-22-40(37)46(31)44(29)30/h1-26H. The SMILES string of the molecule is c1cc2ccc3cc(-c4cc5cccc6c(-c7ccc8ccc9cccc%10ccc7c8c9%10)cc7cccc4c7c56)cc4ccc(c1)c2c34. The molecule has 0 aliphatic carbocycles. The molecule has 0 N–H and O–H groups in total. The molecule has 218 valence electrons. The first kappa shape index (κ1) is 24.9. The van der Waals surface area contributed by atoms with Crippen LogP contribution in [0.5, 0.6) is 0 Å². The van der Waals surface area contributed by atoms with E-state index in [1.54, 1.807) is 0 Å². The molecule has 0 radical (unpaired) electrons. The fourth-order valence-corrected chi connectivity index (χ4v) is 9.20. The van der Waals surface area contributed by atoms with Crippen molar-refractivity contribution in [1.29, 1.82) is 0 Å². The van der Waals surface area contributed by atoms with Gasteiger partial charge in [0.2, 0.25) is 0 Å². The van der Waals surface area contributed by atoms with Gasteiger partial charge in [-0.3, -0.25) is 0 Å². The van der Waals surface area contributed by atoms with E-state index in [0.717, 1.165) is 0 Å². The molecule has 0 aliphatic heterocycles. The first-order valence-corrected chi connectivity index (χ1v) is 16.8. The van der Waals surface area contributed by atoms with Crippen LogP contribution in [0.3, 0.4) is 0 Å². The molecule has 0 bridgehead atoms. The molecule has 0 heterocycles. The Bertz CT molecular complexity index is 3190. The van der Waals surface area contributed by atoms with Crippen molar-refractivity contribution in [2.45, 2.75) is 0 Å². The maximum absolute atomic E-state index is 2.45. The van der Waals surface area contributed by atoms with Crippen molar-refractivity contribution in [3.05, 3.63) is 158 Å². The lowest BCUT2D eigenvalue weighted by atomic mass is 9.83. The van der Waals surface area contributed by atoms with Gasteiger partial charge in [-0.2, -0.15) is 0 Å². The fourth-order valence-electron chi connectivity index (χ4n) is 9.20. The van der Waals surface area contributed by atoms with E-state index >= 15 is 0 Å². The summed E-state index contributed by atoms with van der Waals surface area (Å²) in [5.74, 6) is 0. The Morgan fingerprint density at radius 2 is 0.562 bits per heavy atom. The van der Waals surface area contributed by atoms with Crippen LogP contribution in [0, 0.1) is 0 Å². The smallest absolute Gasteiger partial charge is 0.00201 e. The van der Waals surface area contributed by atoms with E-state index in [1.165, 1.54) is 119 Å². The van der Waals surface area contributed by atoms with Crippen molar-refractivity contribution < 1.29 is 0 Å². The molecule has 0 amide bonds. The van der Waals surface area contributed by atoms with E-state index in [0.29, 0.717) is 0 Å². The van der Waals surface area contributed by atoms with Crippen molar-refractivity contribution in [3.8, 4) is 22.3 Å². The minimum atomic E-state index is 1.27. The van der Waals surface area contributed by atoms with Crippen LogP contribution in [-0.4, -0.2) is 0 Å². The Kier molecular flexibility index (Phi) is 4.55. The van der Waals surface area contributed by atoms with Crippen LogP contribution in [0.1, 0.15) is 0 Å². The minimum Gasteiger partial charge on any atom is -0.0610 e. The van der Waals surface area contributed by atoms with Crippen LogP contribution in [0.25, 0.3) is 119 Å². The second-order valence-electron chi connectivity index (χ2n) is 13.6. The molecule has 0 saturated heterocycles. The van der Waals surface area contributed by atoms with Crippen molar-refractivity contribution in [3.63, 3.8) is 0 Å². The summed E-state index contributed by atoms with van der Waals surface area (Å²) >= 11 is 0. The summed E-state index contributed by atoms with van der Waals surface area (Å²) in [4.78, 5) is 0. The maximum Gasteiger partial charge on any atom is -0.00201 e. The monoisotopic (exact) mass is 602 g/mol. The first-order valence-electron chi connectivity index (χ1n) is 16.8. The van der Waals surface area contributed by atoms with Gasteiger partial charge in [0.15, 0.2) is 0 Å². The molecule has 48 heavy (non-hydrogen) atoms. The molecule has 0 saturated carbocycles. The third kappa shape index (κ3) is 3.10. The third-order valence-corrected chi connectivity index (χ3v) is 11.2. The zero-order valence-electron chi connectivity index (χ0n) is 26.0. The summed E-state index contributed by atoms with van der Waals surface area (Å²) in [5, 5.41) is 23.8. The lowest BCUT2D eigenvalue weighted by Gasteiger charge is -2.20. The fraction of sp³-hybridized carbons (Fsp3) is 0. The summed E-state index contributed by atoms with van der Waals surface area (Å²) in [5.41, 5.74) is 5.16. The molecule has 0 atom stereocenters. The van der Waals surface area contributed by atoms with Gasteiger partial charge in [0.1, 0.15) is 0 Å². The second kappa shape index (κ2) is 8.76. The predicted molar refractivity (Wildman–Crippen MR) is 208 cm³/mol. The first-order chi connectivity index (χ1) is 23.8. The van der Waals surface area contributed by atoms with E-state index in [1.807, 2.05) is 0 Å². The lowest BCUT2D eigenvalue weighted by Crippen LogP contribution is -1.92. The van der Waals surface area contributed by atoms with Gasteiger partial charge in [-0.25, -0.2) is 0 Å². The quantitative estimate of drug-likeness (QED) is 0.173. The Hall–Kier alpha value is -6.24. The number of hydrogen-bond donors (Lipinski definition) is 0. The summed E-state index contributed by atoms with van der Waals surface area (Å²) in [6.45, 7) is 0. The number of hydrogen-bond acceptors (Lipinski definition) is 0. The highest BCUT2D eigenvalue weighted by Crippen LogP contribution is 2.47. The second-order valence-corrected chi connectivity index (χ2v) is 13.6.